The summed E-state index contributed by atoms with van der Waals surface area (Å²) in [6.07, 6.45) is 3.89. The van der Waals surface area contributed by atoms with Crippen molar-refractivity contribution in [2.45, 2.75) is 6.92 Å². The lowest BCUT2D eigenvalue weighted by Gasteiger charge is -1.97. The Kier molecular flexibility index (Phi) is 6.48. The van der Waals surface area contributed by atoms with E-state index in [-0.39, 0.29) is 5.57 Å². The minimum atomic E-state index is -0.935. The first-order valence-corrected chi connectivity index (χ1v) is 6.40. The highest BCUT2D eigenvalue weighted by atomic mass is 16.4. The van der Waals surface area contributed by atoms with Gasteiger partial charge in [0.1, 0.15) is 5.75 Å². The fourth-order valence-electron chi connectivity index (χ4n) is 1.38. The van der Waals surface area contributed by atoms with Gasteiger partial charge in [-0.25, -0.2) is 4.79 Å². The molecular weight excluding hydrogens is 264 g/mol. The summed E-state index contributed by atoms with van der Waals surface area (Å²) in [7, 11) is 0. The maximum atomic E-state index is 9.60. The SMILES string of the molecule is C=C(C)C(=O)O.Oc1ccccc1C=Cc1ccccc1. The van der Waals surface area contributed by atoms with Gasteiger partial charge in [-0.3, -0.25) is 0 Å². The number of carboxylic acids is 1. The van der Waals surface area contributed by atoms with Gasteiger partial charge in [0.15, 0.2) is 0 Å². The molecule has 2 rings (SSSR count). The number of hydrogen-bond donors (Lipinski definition) is 2. The molecule has 2 aromatic carbocycles. The Bertz CT molecular complexity index is 616. The lowest BCUT2D eigenvalue weighted by Crippen LogP contribution is -1.92. The maximum Gasteiger partial charge on any atom is 0.330 e. The Morgan fingerprint density at radius 1 is 1.00 bits per heavy atom. The van der Waals surface area contributed by atoms with Crippen LogP contribution in [0.1, 0.15) is 18.1 Å². The molecule has 0 saturated heterocycles. The summed E-state index contributed by atoms with van der Waals surface area (Å²) in [5.74, 6) is -0.625. The number of carbonyl (C=O) groups is 1. The van der Waals surface area contributed by atoms with E-state index in [1.165, 1.54) is 6.92 Å². The Hall–Kier alpha value is -2.81. The van der Waals surface area contributed by atoms with Crippen molar-refractivity contribution in [2.24, 2.45) is 0 Å². The molecule has 0 saturated carbocycles. The maximum absolute atomic E-state index is 9.60. The van der Waals surface area contributed by atoms with Gasteiger partial charge >= 0.3 is 5.97 Å². The van der Waals surface area contributed by atoms with Crippen molar-refractivity contribution in [1.29, 1.82) is 0 Å². The molecule has 0 aromatic heterocycles. The molecule has 3 heteroatoms. The topological polar surface area (TPSA) is 57.5 Å². The van der Waals surface area contributed by atoms with E-state index in [0.717, 1.165) is 11.1 Å². The van der Waals surface area contributed by atoms with Crippen LogP contribution in [0.25, 0.3) is 12.2 Å². The second-order valence-electron chi connectivity index (χ2n) is 4.39. The number of hydrogen-bond acceptors (Lipinski definition) is 2. The Morgan fingerprint density at radius 2 is 1.52 bits per heavy atom. The van der Waals surface area contributed by atoms with Crippen molar-refractivity contribution >= 4 is 18.1 Å². The van der Waals surface area contributed by atoms with Crippen LogP contribution in [-0.4, -0.2) is 16.2 Å². The summed E-state index contributed by atoms with van der Waals surface area (Å²) >= 11 is 0. The first kappa shape index (κ1) is 16.2. The zero-order valence-electron chi connectivity index (χ0n) is 11.9. The molecule has 2 N–H and O–H groups in total. The van der Waals surface area contributed by atoms with Crippen molar-refractivity contribution in [2.75, 3.05) is 0 Å². The number of aliphatic carboxylic acids is 1. The minimum Gasteiger partial charge on any atom is -0.507 e. The van der Waals surface area contributed by atoms with Crippen molar-refractivity contribution in [3.63, 3.8) is 0 Å². The number of carboxylic acid groups (broad SMARTS) is 1. The molecule has 0 aliphatic heterocycles. The van der Waals surface area contributed by atoms with Crippen LogP contribution in [0.5, 0.6) is 5.75 Å². The molecular formula is C18H18O3. The smallest absolute Gasteiger partial charge is 0.330 e. The molecule has 0 spiro atoms. The lowest BCUT2D eigenvalue weighted by molar-refractivity contribution is -0.132. The van der Waals surface area contributed by atoms with Crippen LogP contribution in [0.3, 0.4) is 0 Å². The molecule has 0 atom stereocenters. The normalized spacial score (nSPS) is 9.76. The van der Waals surface area contributed by atoms with E-state index in [9.17, 15) is 9.90 Å². The molecule has 0 amide bonds. The molecule has 2 aromatic rings. The van der Waals surface area contributed by atoms with Gasteiger partial charge in [0.25, 0.3) is 0 Å². The van der Waals surface area contributed by atoms with Gasteiger partial charge in [-0.05, 0) is 18.6 Å². The van der Waals surface area contributed by atoms with E-state index in [0.29, 0.717) is 5.75 Å². The molecule has 0 heterocycles. The lowest BCUT2D eigenvalue weighted by atomic mass is 10.1. The van der Waals surface area contributed by atoms with Crippen LogP contribution in [0.4, 0.5) is 0 Å². The zero-order valence-corrected chi connectivity index (χ0v) is 11.9. The van der Waals surface area contributed by atoms with Gasteiger partial charge in [0, 0.05) is 11.1 Å². The second kappa shape index (κ2) is 8.38. The van der Waals surface area contributed by atoms with Crippen LogP contribution in [0.2, 0.25) is 0 Å². The number of rotatable bonds is 3. The summed E-state index contributed by atoms with van der Waals surface area (Å²) in [6.45, 7) is 4.60. The van der Waals surface area contributed by atoms with Gasteiger partial charge < -0.3 is 10.2 Å². The molecule has 21 heavy (non-hydrogen) atoms. The summed E-state index contributed by atoms with van der Waals surface area (Å²) in [6, 6.07) is 17.3. The quantitative estimate of drug-likeness (QED) is 0.655. The standard InChI is InChI=1S/C14H12O.C4H6O2/c15-14-9-5-4-8-13(14)11-10-12-6-2-1-3-7-12;1-3(2)4(5)6/h1-11,15H;1H2,2H3,(H,5,6). The number of benzene rings is 2. The second-order valence-corrected chi connectivity index (χ2v) is 4.39. The third-order valence-corrected chi connectivity index (χ3v) is 2.56. The number of aromatic hydroxyl groups is 1. The van der Waals surface area contributed by atoms with Gasteiger partial charge in [-0.1, -0.05) is 67.3 Å². The Labute approximate surface area is 124 Å². The first-order chi connectivity index (χ1) is 10.0. The van der Waals surface area contributed by atoms with Crippen molar-refractivity contribution in [1.82, 2.24) is 0 Å². The largest absolute Gasteiger partial charge is 0.507 e. The molecule has 0 aliphatic rings. The van der Waals surface area contributed by atoms with Gasteiger partial charge in [-0.2, -0.15) is 0 Å². The first-order valence-electron chi connectivity index (χ1n) is 6.40. The summed E-state index contributed by atoms with van der Waals surface area (Å²) in [4.78, 5) is 9.60. The average molecular weight is 282 g/mol. The number of phenols is 1. The van der Waals surface area contributed by atoms with E-state index in [4.69, 9.17) is 5.11 Å². The van der Waals surface area contributed by atoms with E-state index in [2.05, 4.69) is 6.58 Å². The highest BCUT2D eigenvalue weighted by molar-refractivity contribution is 5.84. The predicted octanol–water partition coefficient (Wildman–Crippen LogP) is 4.21. The number of para-hydroxylation sites is 1. The van der Waals surface area contributed by atoms with Crippen LogP contribution in [0.15, 0.2) is 66.7 Å². The Balaban J connectivity index is 0.000000315. The summed E-state index contributed by atoms with van der Waals surface area (Å²) < 4.78 is 0. The molecule has 0 fully saturated rings. The molecule has 0 unspecified atom stereocenters. The van der Waals surface area contributed by atoms with Crippen LogP contribution >= 0.6 is 0 Å². The molecule has 0 radical (unpaired) electrons. The van der Waals surface area contributed by atoms with Crippen LogP contribution < -0.4 is 0 Å². The highest BCUT2D eigenvalue weighted by Crippen LogP contribution is 2.18. The van der Waals surface area contributed by atoms with Crippen molar-refractivity contribution < 1.29 is 15.0 Å². The van der Waals surface area contributed by atoms with Gasteiger partial charge in [0.2, 0.25) is 0 Å². The third-order valence-electron chi connectivity index (χ3n) is 2.56. The predicted molar refractivity (Wildman–Crippen MR) is 85.9 cm³/mol. The molecule has 3 nitrogen and oxygen atoms in total. The fourth-order valence-corrected chi connectivity index (χ4v) is 1.38. The average Bonchev–Trinajstić information content (AvgIpc) is 2.48. The van der Waals surface area contributed by atoms with E-state index >= 15 is 0 Å². The molecule has 0 aliphatic carbocycles. The number of phenolic OH excluding ortho intramolecular Hbond substituents is 1. The van der Waals surface area contributed by atoms with E-state index in [1.807, 2.05) is 60.7 Å². The van der Waals surface area contributed by atoms with Gasteiger partial charge in [0.05, 0.1) is 0 Å². The van der Waals surface area contributed by atoms with Crippen molar-refractivity contribution in [3.8, 4) is 5.75 Å². The van der Waals surface area contributed by atoms with Crippen LogP contribution in [0, 0.1) is 0 Å². The fraction of sp³-hybridized carbons (Fsp3) is 0.0556. The minimum absolute atomic E-state index is 0.176. The Morgan fingerprint density at radius 3 is 2.05 bits per heavy atom. The zero-order chi connectivity index (χ0) is 15.7. The molecule has 0 bridgehead atoms. The van der Waals surface area contributed by atoms with Crippen molar-refractivity contribution in [3.05, 3.63) is 77.9 Å². The molecule has 108 valence electrons. The summed E-state index contributed by atoms with van der Waals surface area (Å²) in [5, 5.41) is 17.4. The van der Waals surface area contributed by atoms with E-state index in [1.54, 1.807) is 6.07 Å². The van der Waals surface area contributed by atoms with Crippen LogP contribution in [-0.2, 0) is 4.79 Å². The monoisotopic (exact) mass is 282 g/mol. The van der Waals surface area contributed by atoms with Gasteiger partial charge in [-0.15, -0.1) is 0 Å². The van der Waals surface area contributed by atoms with E-state index < -0.39 is 5.97 Å². The third kappa shape index (κ3) is 6.25. The summed E-state index contributed by atoms with van der Waals surface area (Å²) in [5.41, 5.74) is 2.14. The highest BCUT2D eigenvalue weighted by Gasteiger charge is 1.93.